The van der Waals surface area contributed by atoms with Gasteiger partial charge in [-0.15, -0.1) is 0 Å². The van der Waals surface area contributed by atoms with Crippen LogP contribution in [0, 0.1) is 22.7 Å². The van der Waals surface area contributed by atoms with E-state index in [1.807, 2.05) is 0 Å². The average Bonchev–Trinajstić information content (AvgIpc) is 2.64. The van der Waals surface area contributed by atoms with Crippen molar-refractivity contribution in [2.45, 2.75) is 73.5 Å². The SMILES string of the molecule is CNC(=O)[C@@H](NC(=O)[C@H](CC(C)C)[C@](O)(COC(=O)C(C)(C)C)C(=O)NO)C(C)(C)C. The summed E-state index contributed by atoms with van der Waals surface area (Å²) >= 11 is 0. The van der Waals surface area contributed by atoms with Crippen molar-refractivity contribution in [2.24, 2.45) is 22.7 Å². The van der Waals surface area contributed by atoms with Crippen molar-refractivity contribution in [1.82, 2.24) is 16.1 Å². The number of amides is 3. The van der Waals surface area contributed by atoms with Gasteiger partial charge in [-0.05, 0) is 38.5 Å². The van der Waals surface area contributed by atoms with Gasteiger partial charge in [-0.1, -0.05) is 34.6 Å². The Bertz CT molecular complexity index is 665. The van der Waals surface area contributed by atoms with Crippen molar-refractivity contribution in [2.75, 3.05) is 13.7 Å². The molecule has 0 bridgehead atoms. The van der Waals surface area contributed by atoms with Crippen LogP contribution in [0.5, 0.6) is 0 Å². The van der Waals surface area contributed by atoms with Crippen LogP contribution in [0.25, 0.3) is 0 Å². The highest BCUT2D eigenvalue weighted by atomic mass is 16.5. The predicted molar refractivity (Wildman–Crippen MR) is 114 cm³/mol. The van der Waals surface area contributed by atoms with Gasteiger partial charge in [-0.2, -0.15) is 0 Å². The molecule has 0 aromatic carbocycles. The van der Waals surface area contributed by atoms with E-state index in [1.165, 1.54) is 12.5 Å². The van der Waals surface area contributed by atoms with Gasteiger partial charge in [0.1, 0.15) is 12.6 Å². The van der Waals surface area contributed by atoms with E-state index in [0.717, 1.165) is 0 Å². The van der Waals surface area contributed by atoms with Crippen molar-refractivity contribution in [3.63, 3.8) is 0 Å². The molecule has 0 unspecified atom stereocenters. The normalized spacial score (nSPS) is 16.0. The molecule has 0 saturated carbocycles. The van der Waals surface area contributed by atoms with Crippen molar-refractivity contribution in [1.29, 1.82) is 0 Å². The summed E-state index contributed by atoms with van der Waals surface area (Å²) in [6, 6.07) is -0.960. The first-order chi connectivity index (χ1) is 13.9. The zero-order valence-corrected chi connectivity index (χ0v) is 20.1. The molecule has 0 fully saturated rings. The fourth-order valence-corrected chi connectivity index (χ4v) is 2.87. The van der Waals surface area contributed by atoms with E-state index in [0.29, 0.717) is 0 Å². The van der Waals surface area contributed by atoms with Gasteiger partial charge in [0.2, 0.25) is 11.8 Å². The van der Waals surface area contributed by atoms with Crippen molar-refractivity contribution in [3.8, 4) is 0 Å². The number of esters is 1. The Hall–Kier alpha value is -2.20. The lowest BCUT2D eigenvalue weighted by Gasteiger charge is -2.37. The molecule has 10 nitrogen and oxygen atoms in total. The summed E-state index contributed by atoms with van der Waals surface area (Å²) in [5.74, 6) is -4.78. The van der Waals surface area contributed by atoms with Gasteiger partial charge >= 0.3 is 5.97 Å². The van der Waals surface area contributed by atoms with Crippen LogP contribution in [0.2, 0.25) is 0 Å². The van der Waals surface area contributed by atoms with Crippen LogP contribution < -0.4 is 16.1 Å². The molecule has 180 valence electrons. The average molecular weight is 446 g/mol. The fourth-order valence-electron chi connectivity index (χ4n) is 2.87. The molecule has 0 aliphatic heterocycles. The lowest BCUT2D eigenvalue weighted by Crippen LogP contribution is -2.62. The number of hydrogen-bond acceptors (Lipinski definition) is 7. The summed E-state index contributed by atoms with van der Waals surface area (Å²) in [5, 5.41) is 25.5. The molecule has 31 heavy (non-hydrogen) atoms. The van der Waals surface area contributed by atoms with Crippen LogP contribution in [0.4, 0.5) is 0 Å². The van der Waals surface area contributed by atoms with Crippen molar-refractivity contribution >= 4 is 23.7 Å². The Morgan fingerprint density at radius 1 is 0.968 bits per heavy atom. The van der Waals surface area contributed by atoms with Gasteiger partial charge in [0, 0.05) is 7.05 Å². The first kappa shape index (κ1) is 28.8. The number of hydrogen-bond donors (Lipinski definition) is 5. The smallest absolute Gasteiger partial charge is 0.311 e. The minimum Gasteiger partial charge on any atom is -0.462 e. The second kappa shape index (κ2) is 10.9. The molecule has 0 heterocycles. The van der Waals surface area contributed by atoms with Crippen LogP contribution in [0.1, 0.15) is 61.8 Å². The van der Waals surface area contributed by atoms with Crippen molar-refractivity contribution in [3.05, 3.63) is 0 Å². The lowest BCUT2D eigenvalue weighted by molar-refractivity contribution is -0.179. The maximum absolute atomic E-state index is 13.2. The van der Waals surface area contributed by atoms with E-state index in [2.05, 4.69) is 10.6 Å². The molecular weight excluding hydrogens is 406 g/mol. The zero-order valence-electron chi connectivity index (χ0n) is 20.1. The number of nitrogens with one attached hydrogen (secondary N) is 3. The highest BCUT2D eigenvalue weighted by molar-refractivity contribution is 5.95. The molecule has 10 heteroatoms. The molecule has 3 atom stereocenters. The lowest BCUT2D eigenvalue weighted by atomic mass is 9.79. The molecule has 0 radical (unpaired) electrons. The van der Waals surface area contributed by atoms with Crippen LogP contribution in [0.15, 0.2) is 0 Å². The quantitative estimate of drug-likeness (QED) is 0.199. The third-order valence-electron chi connectivity index (χ3n) is 4.79. The summed E-state index contributed by atoms with van der Waals surface area (Å²) < 4.78 is 5.13. The Labute approximate surface area is 184 Å². The maximum atomic E-state index is 13.2. The van der Waals surface area contributed by atoms with Gasteiger partial charge < -0.3 is 20.5 Å². The van der Waals surface area contributed by atoms with Gasteiger partial charge in [0.05, 0.1) is 11.3 Å². The van der Waals surface area contributed by atoms with Crippen LogP contribution >= 0.6 is 0 Å². The first-order valence-electron chi connectivity index (χ1n) is 10.3. The molecule has 0 aliphatic rings. The van der Waals surface area contributed by atoms with Gasteiger partial charge in [-0.25, -0.2) is 5.48 Å². The van der Waals surface area contributed by atoms with E-state index in [1.54, 1.807) is 55.4 Å². The molecule has 0 saturated heterocycles. The molecule has 0 rings (SSSR count). The number of ether oxygens (including phenoxy) is 1. The van der Waals surface area contributed by atoms with E-state index >= 15 is 0 Å². The standard InChI is InChI=1S/C21H39N3O7/c1-12(2)10-13(15(25)23-14(16(26)22-9)19(3,4)5)21(29,17(27)24-30)11-31-18(28)20(6,7)8/h12-14,29-30H,10-11H2,1-9H3,(H,22,26)(H,23,25)(H,24,27)/t13-,14+,21+/m0/s1. The first-order valence-corrected chi connectivity index (χ1v) is 10.3. The minimum atomic E-state index is -2.56. The Kier molecular flexibility index (Phi) is 10.1. The van der Waals surface area contributed by atoms with E-state index < -0.39 is 58.7 Å². The molecule has 3 amide bonds. The Morgan fingerprint density at radius 2 is 1.48 bits per heavy atom. The number of hydroxylamine groups is 1. The Balaban J connectivity index is 6.13. The molecule has 0 aliphatic carbocycles. The van der Waals surface area contributed by atoms with Crippen LogP contribution in [-0.4, -0.2) is 59.3 Å². The molecule has 0 aromatic rings. The maximum Gasteiger partial charge on any atom is 0.311 e. The largest absolute Gasteiger partial charge is 0.462 e. The van der Waals surface area contributed by atoms with E-state index in [-0.39, 0.29) is 12.3 Å². The van der Waals surface area contributed by atoms with Gasteiger partial charge in [0.15, 0.2) is 5.60 Å². The molecule has 5 N–H and O–H groups in total. The zero-order chi connectivity index (χ0) is 24.8. The summed E-state index contributed by atoms with van der Waals surface area (Å²) in [7, 11) is 1.43. The molecule has 0 spiro atoms. The van der Waals surface area contributed by atoms with Crippen LogP contribution in [0.3, 0.4) is 0 Å². The summed E-state index contributed by atoms with van der Waals surface area (Å²) in [5.41, 5.74) is -2.79. The number of rotatable bonds is 9. The van der Waals surface area contributed by atoms with E-state index in [9.17, 15) is 29.5 Å². The summed E-state index contributed by atoms with van der Waals surface area (Å²) in [6.07, 6.45) is 0.0213. The third kappa shape index (κ3) is 8.10. The highest BCUT2D eigenvalue weighted by Crippen LogP contribution is 2.29. The van der Waals surface area contributed by atoms with Gasteiger partial charge in [-0.3, -0.25) is 24.4 Å². The monoisotopic (exact) mass is 445 g/mol. The highest BCUT2D eigenvalue weighted by Gasteiger charge is 2.50. The number of aliphatic hydroxyl groups is 1. The van der Waals surface area contributed by atoms with Crippen LogP contribution in [-0.2, 0) is 23.9 Å². The molecular formula is C21H39N3O7. The topological polar surface area (TPSA) is 154 Å². The minimum absolute atomic E-state index is 0.0213. The molecule has 0 aromatic heterocycles. The van der Waals surface area contributed by atoms with E-state index in [4.69, 9.17) is 4.74 Å². The number of carbonyl (C=O) groups excluding carboxylic acids is 4. The van der Waals surface area contributed by atoms with Gasteiger partial charge in [0.25, 0.3) is 5.91 Å². The summed E-state index contributed by atoms with van der Waals surface area (Å²) in [4.78, 5) is 50.2. The fraction of sp³-hybridized carbons (Fsp3) is 0.810. The second-order valence-electron chi connectivity index (χ2n) is 10.3. The number of likely N-dealkylation sites (N-methyl/N-ethyl adjacent to an activating group) is 1. The number of carbonyl (C=O) groups is 4. The third-order valence-corrected chi connectivity index (χ3v) is 4.79. The Morgan fingerprint density at radius 3 is 1.84 bits per heavy atom. The summed E-state index contributed by atoms with van der Waals surface area (Å²) in [6.45, 7) is 12.7. The van der Waals surface area contributed by atoms with Crippen molar-refractivity contribution < 1.29 is 34.2 Å². The predicted octanol–water partition coefficient (Wildman–Crippen LogP) is 0.751. The second-order valence-corrected chi connectivity index (χ2v) is 10.3.